The van der Waals surface area contributed by atoms with E-state index in [1.807, 2.05) is 6.92 Å². The van der Waals surface area contributed by atoms with Crippen LogP contribution in [0, 0.1) is 0 Å². The molecule has 0 aliphatic rings. The number of aromatic nitrogens is 1. The fourth-order valence-corrected chi connectivity index (χ4v) is 1.06. The number of nitrogen functional groups attached to an aromatic ring is 2. The molecule has 88 valence electrons. The number of nitrogens with zero attached hydrogens (tertiary/aromatic N) is 1. The second-order valence-electron chi connectivity index (χ2n) is 3.39. The van der Waals surface area contributed by atoms with Crippen LogP contribution < -0.4 is 16.9 Å². The van der Waals surface area contributed by atoms with E-state index in [4.69, 9.17) is 16.3 Å². The summed E-state index contributed by atoms with van der Waals surface area (Å²) < 4.78 is 0. The van der Waals surface area contributed by atoms with Crippen molar-refractivity contribution in [1.29, 1.82) is 0 Å². The summed E-state index contributed by atoms with van der Waals surface area (Å²) in [6.45, 7) is 2.00. The van der Waals surface area contributed by atoms with Gasteiger partial charge in [0.05, 0.1) is 17.6 Å². The highest BCUT2D eigenvalue weighted by Gasteiger charge is 2.05. The Labute approximate surface area is 93.9 Å². The van der Waals surface area contributed by atoms with E-state index in [9.17, 15) is 4.79 Å². The molecule has 0 saturated carbocycles. The van der Waals surface area contributed by atoms with Crippen LogP contribution in [-0.4, -0.2) is 11.0 Å². The minimum atomic E-state index is -0.333. The molecule has 1 heterocycles. The monoisotopic (exact) mass is 224 g/mol. The zero-order valence-corrected chi connectivity index (χ0v) is 9.19. The van der Waals surface area contributed by atoms with Gasteiger partial charge in [-0.2, -0.15) is 5.48 Å². The standard InChI is InChI=1S/C10H16N4O2/c1-2-3-4-9(15)16-14-10-8(12)5-7(11)6-13-10/h5-6H,2-4,11-12H2,1H3,(H,13,14). The lowest BCUT2D eigenvalue weighted by molar-refractivity contribution is -0.140. The van der Waals surface area contributed by atoms with Gasteiger partial charge in [0.2, 0.25) is 0 Å². The number of carbonyl (C=O) groups is 1. The number of unbranched alkanes of at least 4 members (excludes halogenated alkanes) is 1. The van der Waals surface area contributed by atoms with E-state index in [0.29, 0.717) is 23.6 Å². The van der Waals surface area contributed by atoms with Crippen molar-refractivity contribution in [3.05, 3.63) is 12.3 Å². The van der Waals surface area contributed by atoms with Crippen molar-refractivity contribution < 1.29 is 9.63 Å². The summed E-state index contributed by atoms with van der Waals surface area (Å²) in [5.41, 5.74) is 14.3. The van der Waals surface area contributed by atoms with Gasteiger partial charge in [0.25, 0.3) is 0 Å². The van der Waals surface area contributed by atoms with Gasteiger partial charge in [0, 0.05) is 6.42 Å². The minimum Gasteiger partial charge on any atom is -0.397 e. The largest absolute Gasteiger partial charge is 0.397 e. The van der Waals surface area contributed by atoms with Gasteiger partial charge in [-0.25, -0.2) is 9.78 Å². The van der Waals surface area contributed by atoms with Gasteiger partial charge < -0.3 is 16.3 Å². The molecule has 6 heteroatoms. The Morgan fingerprint density at radius 2 is 2.31 bits per heavy atom. The fraction of sp³-hybridized carbons (Fsp3) is 0.400. The number of nitrogens with one attached hydrogen (secondary N) is 1. The topological polar surface area (TPSA) is 103 Å². The minimum absolute atomic E-state index is 0.291. The SMILES string of the molecule is CCCCC(=O)ONc1ncc(N)cc1N. The maximum Gasteiger partial charge on any atom is 0.332 e. The lowest BCUT2D eigenvalue weighted by Gasteiger charge is -2.08. The number of nitrogens with two attached hydrogens (primary N) is 2. The Bertz CT molecular complexity index is 368. The van der Waals surface area contributed by atoms with Gasteiger partial charge in [0.15, 0.2) is 5.82 Å². The third kappa shape index (κ3) is 3.64. The summed E-state index contributed by atoms with van der Waals surface area (Å²) in [4.78, 5) is 19.8. The summed E-state index contributed by atoms with van der Waals surface area (Å²) in [7, 11) is 0. The van der Waals surface area contributed by atoms with Gasteiger partial charge in [-0.3, -0.25) is 0 Å². The van der Waals surface area contributed by atoms with Crippen molar-refractivity contribution in [2.75, 3.05) is 16.9 Å². The van der Waals surface area contributed by atoms with Gasteiger partial charge >= 0.3 is 5.97 Å². The number of carbonyl (C=O) groups excluding carboxylic acids is 1. The average molecular weight is 224 g/mol. The molecule has 6 nitrogen and oxygen atoms in total. The number of pyridine rings is 1. The predicted molar refractivity (Wildman–Crippen MR) is 62.3 cm³/mol. The van der Waals surface area contributed by atoms with Gasteiger partial charge in [-0.15, -0.1) is 0 Å². The van der Waals surface area contributed by atoms with E-state index in [-0.39, 0.29) is 5.97 Å². The molecule has 1 aromatic rings. The van der Waals surface area contributed by atoms with Crippen molar-refractivity contribution in [2.24, 2.45) is 0 Å². The van der Waals surface area contributed by atoms with Crippen LogP contribution in [-0.2, 0) is 9.63 Å². The maximum atomic E-state index is 11.2. The second kappa shape index (κ2) is 5.79. The summed E-state index contributed by atoms with van der Waals surface area (Å²) in [5.74, 6) is -0.0427. The van der Waals surface area contributed by atoms with Crippen LogP contribution in [0.5, 0.6) is 0 Å². The zero-order valence-electron chi connectivity index (χ0n) is 9.19. The molecule has 16 heavy (non-hydrogen) atoms. The van der Waals surface area contributed by atoms with E-state index in [1.54, 1.807) is 0 Å². The van der Waals surface area contributed by atoms with Crippen LogP contribution in [0.25, 0.3) is 0 Å². The zero-order chi connectivity index (χ0) is 12.0. The van der Waals surface area contributed by atoms with Crippen molar-refractivity contribution in [3.8, 4) is 0 Å². The lowest BCUT2D eigenvalue weighted by atomic mass is 10.3. The Morgan fingerprint density at radius 3 is 2.94 bits per heavy atom. The highest BCUT2D eigenvalue weighted by Crippen LogP contribution is 2.17. The first-order valence-electron chi connectivity index (χ1n) is 5.10. The van der Waals surface area contributed by atoms with Crippen LogP contribution in [0.2, 0.25) is 0 Å². The molecule has 0 amide bonds. The molecule has 0 spiro atoms. The predicted octanol–water partition coefficient (Wildman–Crippen LogP) is 1.31. The molecule has 0 fully saturated rings. The van der Waals surface area contributed by atoms with E-state index in [0.717, 1.165) is 12.8 Å². The first-order chi connectivity index (χ1) is 7.63. The van der Waals surface area contributed by atoms with E-state index >= 15 is 0 Å². The van der Waals surface area contributed by atoms with Crippen LogP contribution in [0.3, 0.4) is 0 Å². The summed E-state index contributed by atoms with van der Waals surface area (Å²) in [5, 5.41) is 0. The summed E-state index contributed by atoms with van der Waals surface area (Å²) in [6, 6.07) is 1.54. The van der Waals surface area contributed by atoms with E-state index in [1.165, 1.54) is 12.3 Å². The van der Waals surface area contributed by atoms with Crippen LogP contribution in [0.15, 0.2) is 12.3 Å². The maximum absolute atomic E-state index is 11.2. The lowest BCUT2D eigenvalue weighted by Crippen LogP contribution is -2.12. The Hall–Kier alpha value is -1.98. The van der Waals surface area contributed by atoms with Gasteiger partial charge in [-0.1, -0.05) is 13.3 Å². The molecule has 5 N–H and O–H groups in total. The van der Waals surface area contributed by atoms with Crippen molar-refractivity contribution in [3.63, 3.8) is 0 Å². The molecule has 0 aliphatic heterocycles. The molecule has 0 aliphatic carbocycles. The molecular formula is C10H16N4O2. The number of anilines is 3. The fourth-order valence-electron chi connectivity index (χ4n) is 1.06. The van der Waals surface area contributed by atoms with Crippen molar-refractivity contribution in [2.45, 2.75) is 26.2 Å². The smallest absolute Gasteiger partial charge is 0.332 e. The van der Waals surface area contributed by atoms with Crippen LogP contribution in [0.4, 0.5) is 17.2 Å². The highest BCUT2D eigenvalue weighted by molar-refractivity contribution is 5.72. The Kier molecular flexibility index (Phi) is 4.38. The summed E-state index contributed by atoms with van der Waals surface area (Å²) >= 11 is 0. The van der Waals surface area contributed by atoms with Gasteiger partial charge in [0.1, 0.15) is 0 Å². The third-order valence-electron chi connectivity index (χ3n) is 1.93. The van der Waals surface area contributed by atoms with Crippen molar-refractivity contribution in [1.82, 2.24) is 4.98 Å². The molecule has 0 bridgehead atoms. The molecular weight excluding hydrogens is 208 g/mol. The first-order valence-corrected chi connectivity index (χ1v) is 5.10. The number of rotatable bonds is 5. The van der Waals surface area contributed by atoms with Crippen molar-refractivity contribution >= 4 is 23.2 Å². The van der Waals surface area contributed by atoms with E-state index in [2.05, 4.69) is 10.5 Å². The Balaban J connectivity index is 2.45. The molecule has 0 atom stereocenters. The Morgan fingerprint density at radius 1 is 1.56 bits per heavy atom. The highest BCUT2D eigenvalue weighted by atomic mass is 16.7. The normalized spacial score (nSPS) is 9.81. The molecule has 0 unspecified atom stereocenters. The summed E-state index contributed by atoms with van der Waals surface area (Å²) in [6.07, 6.45) is 3.54. The third-order valence-corrected chi connectivity index (χ3v) is 1.93. The molecule has 1 aromatic heterocycles. The molecule has 0 radical (unpaired) electrons. The number of hydrogen-bond donors (Lipinski definition) is 3. The number of hydrogen-bond acceptors (Lipinski definition) is 6. The molecule has 1 rings (SSSR count). The molecule has 0 saturated heterocycles. The quantitative estimate of drug-likeness (QED) is 0.651. The first kappa shape index (κ1) is 12.1. The van der Waals surface area contributed by atoms with Crippen LogP contribution >= 0.6 is 0 Å². The van der Waals surface area contributed by atoms with Gasteiger partial charge in [-0.05, 0) is 12.5 Å². The van der Waals surface area contributed by atoms with Crippen LogP contribution in [0.1, 0.15) is 26.2 Å². The second-order valence-corrected chi connectivity index (χ2v) is 3.39. The van der Waals surface area contributed by atoms with E-state index < -0.39 is 0 Å². The average Bonchev–Trinajstić information content (AvgIpc) is 2.25. The molecule has 0 aromatic carbocycles.